The number of amides is 2. The van der Waals surface area contributed by atoms with Crippen LogP contribution in [0.25, 0.3) is 0 Å². The molecule has 0 aliphatic carbocycles. The van der Waals surface area contributed by atoms with Gasteiger partial charge >= 0.3 is 6.09 Å². The molecular weight excluding hydrogens is 403 g/mol. The molecule has 2 rings (SSSR count). The smallest absolute Gasteiger partial charge is 0.410 e. The average molecular weight is 431 g/mol. The molecule has 1 aromatic rings. The fraction of sp³-hybridized carbons (Fsp3) is 0.600. The second kappa shape index (κ2) is 9.70. The van der Waals surface area contributed by atoms with Crippen LogP contribution < -0.4 is 4.74 Å². The zero-order valence-corrected chi connectivity index (χ0v) is 18.3. The summed E-state index contributed by atoms with van der Waals surface area (Å²) in [6.45, 7) is 7.43. The summed E-state index contributed by atoms with van der Waals surface area (Å²) >= 11 is 11.8. The van der Waals surface area contributed by atoms with Crippen molar-refractivity contribution in [1.82, 2.24) is 9.80 Å². The van der Waals surface area contributed by atoms with Crippen LogP contribution in [0.2, 0.25) is 10.0 Å². The van der Waals surface area contributed by atoms with Crippen molar-refractivity contribution in [3.63, 3.8) is 0 Å². The number of hydrogen-bond donors (Lipinski definition) is 0. The number of carbonyl (C=O) groups is 2. The third-order valence-corrected chi connectivity index (χ3v) is 5.20. The van der Waals surface area contributed by atoms with Crippen molar-refractivity contribution in [2.24, 2.45) is 5.92 Å². The van der Waals surface area contributed by atoms with Crippen molar-refractivity contribution in [3.05, 3.63) is 28.2 Å². The predicted molar refractivity (Wildman–Crippen MR) is 110 cm³/mol. The number of rotatable bonds is 5. The molecule has 8 heteroatoms. The number of benzene rings is 1. The highest BCUT2D eigenvalue weighted by Crippen LogP contribution is 2.26. The number of hydrogen-bond acceptors (Lipinski definition) is 4. The Bertz CT molecular complexity index is 698. The largest absolute Gasteiger partial charge is 0.484 e. The molecule has 0 unspecified atom stereocenters. The summed E-state index contributed by atoms with van der Waals surface area (Å²) in [5.41, 5.74) is -0.505. The van der Waals surface area contributed by atoms with Crippen LogP contribution >= 0.6 is 23.2 Å². The van der Waals surface area contributed by atoms with Crippen LogP contribution in [0.1, 0.15) is 33.6 Å². The van der Waals surface area contributed by atoms with E-state index in [9.17, 15) is 9.59 Å². The molecule has 2 amide bonds. The average Bonchev–Trinajstić information content (AvgIpc) is 2.61. The molecule has 0 saturated carbocycles. The summed E-state index contributed by atoms with van der Waals surface area (Å²) in [5, 5.41) is 0.834. The molecule has 156 valence electrons. The van der Waals surface area contributed by atoms with Gasteiger partial charge in [0.05, 0.1) is 10.0 Å². The molecule has 1 heterocycles. The number of likely N-dealkylation sites (tertiary alicyclic amines) is 1. The Labute approximate surface area is 176 Å². The van der Waals surface area contributed by atoms with Gasteiger partial charge in [-0.25, -0.2) is 4.79 Å². The van der Waals surface area contributed by atoms with Crippen LogP contribution in [-0.4, -0.2) is 60.7 Å². The molecule has 0 atom stereocenters. The maximum Gasteiger partial charge on any atom is 0.410 e. The van der Waals surface area contributed by atoms with Crippen molar-refractivity contribution in [2.45, 2.75) is 39.2 Å². The SMILES string of the molecule is CN(CC1CCN(C(=O)COc2ccc(Cl)c(Cl)c2)CC1)C(=O)OC(C)(C)C. The summed E-state index contributed by atoms with van der Waals surface area (Å²) < 4.78 is 10.9. The van der Waals surface area contributed by atoms with Gasteiger partial charge in [0.15, 0.2) is 6.61 Å². The van der Waals surface area contributed by atoms with Gasteiger partial charge in [0.2, 0.25) is 0 Å². The summed E-state index contributed by atoms with van der Waals surface area (Å²) in [7, 11) is 1.75. The molecule has 1 aliphatic heterocycles. The normalized spacial score (nSPS) is 15.3. The van der Waals surface area contributed by atoms with Crippen LogP contribution in [0, 0.1) is 5.92 Å². The van der Waals surface area contributed by atoms with Crippen molar-refractivity contribution >= 4 is 35.2 Å². The maximum atomic E-state index is 12.4. The van der Waals surface area contributed by atoms with Crippen LogP contribution in [-0.2, 0) is 9.53 Å². The van der Waals surface area contributed by atoms with Crippen LogP contribution in [0.4, 0.5) is 4.79 Å². The highest BCUT2D eigenvalue weighted by molar-refractivity contribution is 6.42. The molecule has 1 saturated heterocycles. The standard InChI is InChI=1S/C20H28Cl2N2O4/c1-20(2,3)28-19(26)23(4)12-14-7-9-24(10-8-14)18(25)13-27-15-5-6-16(21)17(22)11-15/h5-6,11,14H,7-10,12-13H2,1-4H3. The van der Waals surface area contributed by atoms with Gasteiger partial charge in [-0.15, -0.1) is 0 Å². The highest BCUT2D eigenvalue weighted by atomic mass is 35.5. The molecular formula is C20H28Cl2N2O4. The van der Waals surface area contributed by atoms with Gasteiger partial charge in [-0.1, -0.05) is 23.2 Å². The fourth-order valence-electron chi connectivity index (χ4n) is 2.97. The monoisotopic (exact) mass is 430 g/mol. The molecule has 0 aromatic heterocycles. The zero-order valence-electron chi connectivity index (χ0n) is 16.8. The number of piperidine rings is 1. The molecule has 1 aromatic carbocycles. The predicted octanol–water partition coefficient (Wildman–Crippen LogP) is 4.48. The van der Waals surface area contributed by atoms with Gasteiger partial charge in [-0.3, -0.25) is 4.79 Å². The second-order valence-corrected chi connectivity index (χ2v) is 8.86. The zero-order chi connectivity index (χ0) is 20.9. The number of carbonyl (C=O) groups excluding carboxylic acids is 2. The minimum absolute atomic E-state index is 0.0412. The van der Waals surface area contributed by atoms with E-state index in [0.717, 1.165) is 12.8 Å². The summed E-state index contributed by atoms with van der Waals surface area (Å²) in [6.07, 6.45) is 1.36. The Morgan fingerprint density at radius 3 is 2.39 bits per heavy atom. The molecule has 0 spiro atoms. The third-order valence-electron chi connectivity index (χ3n) is 4.46. The molecule has 6 nitrogen and oxygen atoms in total. The van der Waals surface area contributed by atoms with Crippen molar-refractivity contribution in [2.75, 3.05) is 33.3 Å². The van der Waals surface area contributed by atoms with Crippen LogP contribution in [0.5, 0.6) is 5.75 Å². The lowest BCUT2D eigenvalue weighted by Crippen LogP contribution is -2.44. The molecule has 1 aliphatic rings. The van der Waals surface area contributed by atoms with Gasteiger partial charge in [-0.05, 0) is 51.7 Å². The fourth-order valence-corrected chi connectivity index (χ4v) is 3.26. The first kappa shape index (κ1) is 22.6. The summed E-state index contributed by atoms with van der Waals surface area (Å²) in [5.74, 6) is 0.791. The highest BCUT2D eigenvalue weighted by Gasteiger charge is 2.26. The Morgan fingerprint density at radius 2 is 1.82 bits per heavy atom. The van der Waals surface area contributed by atoms with Crippen LogP contribution in [0.3, 0.4) is 0 Å². The van der Waals surface area contributed by atoms with E-state index in [0.29, 0.717) is 41.3 Å². The van der Waals surface area contributed by atoms with Gasteiger partial charge in [0, 0.05) is 32.7 Å². The molecule has 28 heavy (non-hydrogen) atoms. The molecule has 0 bridgehead atoms. The lowest BCUT2D eigenvalue weighted by molar-refractivity contribution is -0.134. The van der Waals surface area contributed by atoms with E-state index in [1.54, 1.807) is 35.0 Å². The molecule has 0 radical (unpaired) electrons. The van der Waals surface area contributed by atoms with E-state index in [1.165, 1.54) is 0 Å². The molecule has 0 N–H and O–H groups in total. The maximum absolute atomic E-state index is 12.4. The third kappa shape index (κ3) is 7.06. The summed E-state index contributed by atoms with van der Waals surface area (Å²) in [6, 6.07) is 4.91. The minimum Gasteiger partial charge on any atom is -0.484 e. The van der Waals surface area contributed by atoms with E-state index in [2.05, 4.69) is 0 Å². The van der Waals surface area contributed by atoms with E-state index < -0.39 is 5.60 Å². The lowest BCUT2D eigenvalue weighted by atomic mass is 9.96. The van der Waals surface area contributed by atoms with E-state index in [4.69, 9.17) is 32.7 Å². The van der Waals surface area contributed by atoms with Crippen molar-refractivity contribution < 1.29 is 19.1 Å². The first-order chi connectivity index (χ1) is 13.0. The van der Waals surface area contributed by atoms with Gasteiger partial charge < -0.3 is 19.3 Å². The number of ether oxygens (including phenoxy) is 2. The summed E-state index contributed by atoms with van der Waals surface area (Å²) in [4.78, 5) is 27.9. The van der Waals surface area contributed by atoms with Gasteiger partial charge in [0.25, 0.3) is 5.91 Å². The second-order valence-electron chi connectivity index (χ2n) is 8.05. The van der Waals surface area contributed by atoms with Crippen LogP contribution in [0.15, 0.2) is 18.2 Å². The Balaban J connectivity index is 1.74. The molecule has 1 fully saturated rings. The number of nitrogens with zero attached hydrogens (tertiary/aromatic N) is 2. The van der Waals surface area contributed by atoms with Gasteiger partial charge in [0.1, 0.15) is 11.4 Å². The Hall–Kier alpha value is -1.66. The minimum atomic E-state index is -0.505. The Kier molecular flexibility index (Phi) is 7.84. The van der Waals surface area contributed by atoms with E-state index >= 15 is 0 Å². The Morgan fingerprint density at radius 1 is 1.18 bits per heavy atom. The van der Waals surface area contributed by atoms with Crippen molar-refractivity contribution in [3.8, 4) is 5.75 Å². The van der Waals surface area contributed by atoms with Crippen molar-refractivity contribution in [1.29, 1.82) is 0 Å². The van der Waals surface area contributed by atoms with E-state index in [1.807, 2.05) is 20.8 Å². The first-order valence-electron chi connectivity index (χ1n) is 9.35. The van der Waals surface area contributed by atoms with E-state index in [-0.39, 0.29) is 18.6 Å². The number of halogens is 2. The van der Waals surface area contributed by atoms with Gasteiger partial charge in [-0.2, -0.15) is 0 Å². The topological polar surface area (TPSA) is 59.1 Å². The quantitative estimate of drug-likeness (QED) is 0.690. The lowest BCUT2D eigenvalue weighted by Gasteiger charge is -2.34. The first-order valence-corrected chi connectivity index (χ1v) is 10.1.